The highest BCUT2D eigenvalue weighted by atomic mass is 16.4. The summed E-state index contributed by atoms with van der Waals surface area (Å²) in [7, 11) is 1.42. The molecule has 0 radical (unpaired) electrons. The van der Waals surface area contributed by atoms with Crippen molar-refractivity contribution in [3.05, 3.63) is 12.7 Å². The average Bonchev–Trinajstić information content (AvgIpc) is 2.00. The van der Waals surface area contributed by atoms with Gasteiger partial charge in [0.05, 0.1) is 0 Å². The largest absolute Gasteiger partial charge is 0.480 e. The lowest BCUT2D eigenvalue weighted by atomic mass is 10.3. The molecule has 0 aliphatic carbocycles. The first-order valence-corrected chi connectivity index (χ1v) is 3.12. The molecule has 4 nitrogen and oxygen atoms in total. The van der Waals surface area contributed by atoms with Crippen molar-refractivity contribution < 1.29 is 14.7 Å². The summed E-state index contributed by atoms with van der Waals surface area (Å²) in [5.41, 5.74) is 0. The molecule has 0 aromatic rings. The molecule has 0 rings (SSSR count). The van der Waals surface area contributed by atoms with Gasteiger partial charge in [-0.25, -0.2) is 4.79 Å². The quantitative estimate of drug-likeness (QED) is 0.591. The Hall–Kier alpha value is -1.32. The zero-order valence-electron chi connectivity index (χ0n) is 6.57. The van der Waals surface area contributed by atoms with Gasteiger partial charge in [-0.15, -0.1) is 0 Å². The molecule has 0 aliphatic heterocycles. The van der Waals surface area contributed by atoms with Crippen molar-refractivity contribution in [1.29, 1.82) is 0 Å². The van der Waals surface area contributed by atoms with Crippen LogP contribution in [0.5, 0.6) is 0 Å². The second kappa shape index (κ2) is 3.75. The lowest BCUT2D eigenvalue weighted by Gasteiger charge is -2.19. The highest BCUT2D eigenvalue weighted by Crippen LogP contribution is 1.95. The zero-order chi connectivity index (χ0) is 9.02. The highest BCUT2D eigenvalue weighted by Gasteiger charge is 2.18. The number of hydrogen-bond donors (Lipinski definition) is 1. The van der Waals surface area contributed by atoms with Crippen LogP contribution >= 0.6 is 0 Å². The molecule has 11 heavy (non-hydrogen) atoms. The van der Waals surface area contributed by atoms with Crippen molar-refractivity contribution in [1.82, 2.24) is 4.90 Å². The number of likely N-dealkylation sites (N-methyl/N-ethyl adjacent to an activating group) is 1. The van der Waals surface area contributed by atoms with Crippen LogP contribution in [0.4, 0.5) is 0 Å². The second-order valence-corrected chi connectivity index (χ2v) is 2.17. The predicted molar refractivity (Wildman–Crippen MR) is 40.1 cm³/mol. The molecule has 0 aromatic heterocycles. The van der Waals surface area contributed by atoms with Crippen LogP contribution in [-0.4, -0.2) is 35.0 Å². The predicted octanol–water partition coefficient (Wildman–Crippen LogP) is 0.104. The van der Waals surface area contributed by atoms with E-state index in [0.29, 0.717) is 0 Å². The smallest absolute Gasteiger partial charge is 0.326 e. The minimum absolute atomic E-state index is 0.389. The SMILES string of the molecule is C=CC(=O)N(C)[C@H](C)C(=O)O. The Kier molecular flexibility index (Phi) is 3.30. The van der Waals surface area contributed by atoms with Gasteiger partial charge >= 0.3 is 5.97 Å². The molecule has 1 atom stereocenters. The Morgan fingerprint density at radius 2 is 2.09 bits per heavy atom. The summed E-state index contributed by atoms with van der Waals surface area (Å²) in [6, 6.07) is -0.805. The van der Waals surface area contributed by atoms with E-state index in [9.17, 15) is 9.59 Å². The maximum Gasteiger partial charge on any atom is 0.326 e. The fourth-order valence-electron chi connectivity index (χ4n) is 0.501. The summed E-state index contributed by atoms with van der Waals surface area (Å²) in [6.07, 6.45) is 1.08. The number of nitrogens with zero attached hydrogens (tertiary/aromatic N) is 1. The number of rotatable bonds is 3. The molecule has 0 fully saturated rings. The number of amides is 1. The van der Waals surface area contributed by atoms with Crippen LogP contribution in [0.1, 0.15) is 6.92 Å². The lowest BCUT2D eigenvalue weighted by Crippen LogP contribution is -2.39. The molecule has 0 aromatic carbocycles. The average molecular weight is 157 g/mol. The number of aliphatic carboxylic acids is 1. The van der Waals surface area contributed by atoms with Gasteiger partial charge in [-0.05, 0) is 13.0 Å². The first-order valence-electron chi connectivity index (χ1n) is 3.12. The maximum absolute atomic E-state index is 10.8. The summed E-state index contributed by atoms with van der Waals surface area (Å²) in [5, 5.41) is 8.47. The minimum atomic E-state index is -1.03. The van der Waals surface area contributed by atoms with E-state index in [1.807, 2.05) is 0 Å². The molecule has 0 unspecified atom stereocenters. The van der Waals surface area contributed by atoms with Crippen LogP contribution in [0.15, 0.2) is 12.7 Å². The highest BCUT2D eigenvalue weighted by molar-refractivity contribution is 5.90. The van der Waals surface area contributed by atoms with Gasteiger partial charge in [0.25, 0.3) is 0 Å². The fourth-order valence-corrected chi connectivity index (χ4v) is 0.501. The molecule has 4 heteroatoms. The third kappa shape index (κ3) is 2.41. The van der Waals surface area contributed by atoms with E-state index in [4.69, 9.17) is 5.11 Å². The van der Waals surface area contributed by atoms with Crippen molar-refractivity contribution in [3.63, 3.8) is 0 Å². The maximum atomic E-state index is 10.8. The van der Waals surface area contributed by atoms with E-state index < -0.39 is 12.0 Å². The van der Waals surface area contributed by atoms with E-state index in [-0.39, 0.29) is 5.91 Å². The van der Waals surface area contributed by atoms with Crippen LogP contribution in [0.25, 0.3) is 0 Å². The number of carbonyl (C=O) groups excluding carboxylic acids is 1. The van der Waals surface area contributed by atoms with Crippen LogP contribution in [0, 0.1) is 0 Å². The van der Waals surface area contributed by atoms with Gasteiger partial charge in [0, 0.05) is 7.05 Å². The Balaban J connectivity index is 4.23. The van der Waals surface area contributed by atoms with Crippen LogP contribution < -0.4 is 0 Å². The summed E-state index contributed by atoms with van der Waals surface area (Å²) < 4.78 is 0. The molecule has 1 N–H and O–H groups in total. The summed E-state index contributed by atoms with van der Waals surface area (Å²) in [5.74, 6) is -1.41. The zero-order valence-corrected chi connectivity index (χ0v) is 6.57. The summed E-state index contributed by atoms with van der Waals surface area (Å²) in [6.45, 7) is 4.67. The topological polar surface area (TPSA) is 57.6 Å². The standard InChI is InChI=1S/C7H11NO3/c1-4-6(9)8(3)5(2)7(10)11/h4-5H,1H2,2-3H3,(H,10,11)/t5-/m1/s1. The van der Waals surface area contributed by atoms with Crippen molar-refractivity contribution in [2.24, 2.45) is 0 Å². The number of carbonyl (C=O) groups is 2. The normalized spacial score (nSPS) is 11.8. The van der Waals surface area contributed by atoms with Gasteiger partial charge in [-0.1, -0.05) is 6.58 Å². The Bertz CT molecular complexity index is 188. The Morgan fingerprint density at radius 3 is 2.36 bits per heavy atom. The molecule has 0 spiro atoms. The van der Waals surface area contributed by atoms with Crippen molar-refractivity contribution >= 4 is 11.9 Å². The third-order valence-electron chi connectivity index (χ3n) is 1.46. The van der Waals surface area contributed by atoms with E-state index in [2.05, 4.69) is 6.58 Å². The third-order valence-corrected chi connectivity index (χ3v) is 1.46. The van der Waals surface area contributed by atoms with Gasteiger partial charge in [-0.3, -0.25) is 4.79 Å². The second-order valence-electron chi connectivity index (χ2n) is 2.17. The van der Waals surface area contributed by atoms with Crippen molar-refractivity contribution in [2.45, 2.75) is 13.0 Å². The molecule has 0 aliphatic rings. The van der Waals surface area contributed by atoms with Gasteiger partial charge < -0.3 is 10.0 Å². The Labute approximate surface area is 65.1 Å². The monoisotopic (exact) mass is 157 g/mol. The van der Waals surface area contributed by atoms with Crippen LogP contribution in [0.2, 0.25) is 0 Å². The fraction of sp³-hybridized carbons (Fsp3) is 0.429. The molecule has 0 saturated heterocycles. The minimum Gasteiger partial charge on any atom is -0.480 e. The Morgan fingerprint density at radius 1 is 1.64 bits per heavy atom. The van der Waals surface area contributed by atoms with Crippen molar-refractivity contribution in [2.75, 3.05) is 7.05 Å². The molecule has 0 saturated carbocycles. The van der Waals surface area contributed by atoms with E-state index in [0.717, 1.165) is 11.0 Å². The molecular weight excluding hydrogens is 146 g/mol. The van der Waals surface area contributed by atoms with E-state index in [1.165, 1.54) is 14.0 Å². The number of hydrogen-bond acceptors (Lipinski definition) is 2. The number of carboxylic acids is 1. The van der Waals surface area contributed by atoms with Crippen molar-refractivity contribution in [3.8, 4) is 0 Å². The molecule has 62 valence electrons. The molecule has 0 heterocycles. The first-order chi connectivity index (χ1) is 5.00. The van der Waals surface area contributed by atoms with Gasteiger partial charge in [0.1, 0.15) is 6.04 Å². The molecular formula is C7H11NO3. The summed E-state index contributed by atoms with van der Waals surface area (Å²) in [4.78, 5) is 22.2. The molecule has 0 bridgehead atoms. The van der Waals surface area contributed by atoms with Crippen LogP contribution in [0.3, 0.4) is 0 Å². The van der Waals surface area contributed by atoms with E-state index in [1.54, 1.807) is 0 Å². The van der Waals surface area contributed by atoms with Gasteiger partial charge in [0.2, 0.25) is 5.91 Å². The van der Waals surface area contributed by atoms with Crippen LogP contribution in [-0.2, 0) is 9.59 Å². The number of carboxylic acid groups (broad SMARTS) is 1. The van der Waals surface area contributed by atoms with Gasteiger partial charge in [0.15, 0.2) is 0 Å². The molecule has 1 amide bonds. The summed E-state index contributed by atoms with van der Waals surface area (Å²) >= 11 is 0. The van der Waals surface area contributed by atoms with E-state index >= 15 is 0 Å². The van der Waals surface area contributed by atoms with Gasteiger partial charge in [-0.2, -0.15) is 0 Å². The first kappa shape index (κ1) is 9.68. The lowest BCUT2D eigenvalue weighted by molar-refractivity contribution is -0.146.